The van der Waals surface area contributed by atoms with Gasteiger partial charge in [-0.05, 0) is 30.3 Å². The van der Waals surface area contributed by atoms with Crippen molar-refractivity contribution >= 4 is 67.5 Å². The highest BCUT2D eigenvalue weighted by atomic mass is 35.5. The third-order valence-corrected chi connectivity index (χ3v) is 5.54. The molecule has 0 spiro atoms. The molecule has 0 atom stereocenters. The number of hydrogen-bond donors (Lipinski definition) is 1. The monoisotopic (exact) mass is 396 g/mol. The van der Waals surface area contributed by atoms with E-state index in [4.69, 9.17) is 39.8 Å². The molecule has 0 aliphatic heterocycles. The van der Waals surface area contributed by atoms with Gasteiger partial charge in [-0.25, -0.2) is 4.98 Å². The van der Waals surface area contributed by atoms with Gasteiger partial charge in [0, 0.05) is 32.3 Å². The Bertz CT molecular complexity index is 1310. The second-order valence-electron chi connectivity index (χ2n) is 6.17. The van der Waals surface area contributed by atoms with Crippen molar-refractivity contribution in [1.29, 1.82) is 0 Å². The fourth-order valence-corrected chi connectivity index (χ4v) is 3.92. The molecule has 0 aliphatic carbocycles. The van der Waals surface area contributed by atoms with Crippen LogP contribution in [-0.4, -0.2) is 9.97 Å². The molecule has 0 bridgehead atoms. The zero-order valence-corrected chi connectivity index (χ0v) is 15.6. The molecule has 0 unspecified atom stereocenters. The van der Waals surface area contributed by atoms with Crippen molar-refractivity contribution in [3.05, 3.63) is 75.7 Å². The Hall–Kier alpha value is -2.26. The first-order valence-electron chi connectivity index (χ1n) is 8.07. The van der Waals surface area contributed by atoms with Gasteiger partial charge >= 0.3 is 0 Å². The average Bonchev–Trinajstić information content (AvgIpc) is 3.00. The van der Waals surface area contributed by atoms with Crippen molar-refractivity contribution in [1.82, 2.24) is 9.97 Å². The Labute approximate surface area is 164 Å². The fourth-order valence-electron chi connectivity index (χ4n) is 3.43. The van der Waals surface area contributed by atoms with Gasteiger partial charge in [-0.1, -0.05) is 65.1 Å². The van der Waals surface area contributed by atoms with E-state index in [0.717, 1.165) is 44.0 Å². The van der Waals surface area contributed by atoms with Crippen LogP contribution in [0.5, 0.6) is 0 Å². The topological polar surface area (TPSA) is 28.7 Å². The molecule has 5 aromatic rings. The number of nitrogens with zero attached hydrogens (tertiary/aromatic N) is 1. The van der Waals surface area contributed by atoms with Crippen molar-refractivity contribution < 1.29 is 0 Å². The summed E-state index contributed by atoms with van der Waals surface area (Å²) in [5.41, 5.74) is 4.69. The summed E-state index contributed by atoms with van der Waals surface area (Å²) in [6, 6.07) is 19.6. The predicted molar refractivity (Wildman–Crippen MR) is 112 cm³/mol. The van der Waals surface area contributed by atoms with Crippen LogP contribution in [0.2, 0.25) is 15.1 Å². The third kappa shape index (κ3) is 2.38. The molecule has 2 aromatic heterocycles. The molecule has 0 aliphatic rings. The lowest BCUT2D eigenvalue weighted by atomic mass is 10.0. The minimum atomic E-state index is 0.521. The van der Waals surface area contributed by atoms with E-state index < -0.39 is 0 Å². The molecule has 5 heteroatoms. The molecule has 126 valence electrons. The van der Waals surface area contributed by atoms with Gasteiger partial charge in [0.1, 0.15) is 0 Å². The molecule has 1 N–H and O–H groups in total. The van der Waals surface area contributed by atoms with Crippen LogP contribution in [0.25, 0.3) is 44.0 Å². The largest absolute Gasteiger partial charge is 0.354 e. The van der Waals surface area contributed by atoms with E-state index in [1.807, 2.05) is 48.5 Å². The molecule has 26 heavy (non-hydrogen) atoms. The number of fused-ring (bicyclic) bond motifs is 5. The lowest BCUT2D eigenvalue weighted by molar-refractivity contribution is 1.42. The molecule has 0 fully saturated rings. The Morgan fingerprint density at radius 1 is 0.769 bits per heavy atom. The van der Waals surface area contributed by atoms with E-state index in [0.29, 0.717) is 15.1 Å². The zero-order chi connectivity index (χ0) is 17.8. The summed E-state index contributed by atoms with van der Waals surface area (Å²) < 4.78 is 0. The highest BCUT2D eigenvalue weighted by Gasteiger charge is 2.17. The smallest absolute Gasteiger partial charge is 0.0809 e. The lowest BCUT2D eigenvalue weighted by Gasteiger charge is -2.08. The van der Waals surface area contributed by atoms with Gasteiger partial charge in [-0.3, -0.25) is 0 Å². The second kappa shape index (κ2) is 5.88. The molecule has 0 saturated carbocycles. The number of aromatic amines is 1. The summed E-state index contributed by atoms with van der Waals surface area (Å²) in [6.07, 6.45) is 0. The highest BCUT2D eigenvalue weighted by molar-refractivity contribution is 6.43. The number of halogens is 3. The first-order chi connectivity index (χ1) is 12.6. The SMILES string of the molecule is Clc1ccc2c(c1)nc(-c1ccccc1)c1c3cc(Cl)c(Cl)cc3[nH]c21. The number of rotatable bonds is 1. The number of pyridine rings is 1. The van der Waals surface area contributed by atoms with Crippen LogP contribution in [0.1, 0.15) is 0 Å². The standard InChI is InChI=1S/C21H11Cl3N2/c22-12-6-7-13-17(8-12)25-20(11-4-2-1-3-5-11)19-14-9-15(23)16(24)10-18(14)26-21(13)19/h1-10,26H. The van der Waals surface area contributed by atoms with Gasteiger partial charge in [0.25, 0.3) is 0 Å². The number of aromatic nitrogens is 2. The maximum atomic E-state index is 6.30. The van der Waals surface area contributed by atoms with Crippen molar-refractivity contribution in [2.24, 2.45) is 0 Å². The zero-order valence-electron chi connectivity index (χ0n) is 13.4. The van der Waals surface area contributed by atoms with Crippen molar-refractivity contribution in [3.8, 4) is 11.3 Å². The Morgan fingerprint density at radius 3 is 2.35 bits per heavy atom. The highest BCUT2D eigenvalue weighted by Crippen LogP contribution is 2.40. The second-order valence-corrected chi connectivity index (χ2v) is 7.43. The number of benzene rings is 3. The minimum Gasteiger partial charge on any atom is -0.354 e. The van der Waals surface area contributed by atoms with Crippen LogP contribution in [0.15, 0.2) is 60.7 Å². The molecular formula is C21H11Cl3N2. The summed E-state index contributed by atoms with van der Waals surface area (Å²) in [7, 11) is 0. The minimum absolute atomic E-state index is 0.521. The molecular weight excluding hydrogens is 387 g/mol. The van der Waals surface area contributed by atoms with Gasteiger partial charge < -0.3 is 4.98 Å². The van der Waals surface area contributed by atoms with Crippen molar-refractivity contribution in [2.75, 3.05) is 0 Å². The van der Waals surface area contributed by atoms with E-state index in [1.54, 1.807) is 0 Å². The summed E-state index contributed by atoms with van der Waals surface area (Å²) in [4.78, 5) is 8.42. The van der Waals surface area contributed by atoms with Crippen molar-refractivity contribution in [2.45, 2.75) is 0 Å². The summed E-state index contributed by atoms with van der Waals surface area (Å²) in [6.45, 7) is 0. The van der Waals surface area contributed by atoms with Gasteiger partial charge in [-0.15, -0.1) is 0 Å². The Kier molecular flexibility index (Phi) is 3.61. The predicted octanol–water partition coefficient (Wildman–Crippen LogP) is 7.50. The molecule has 0 radical (unpaired) electrons. The molecule has 5 rings (SSSR count). The summed E-state index contributed by atoms with van der Waals surface area (Å²) >= 11 is 18.7. The molecule has 3 aromatic carbocycles. The van der Waals surface area contributed by atoms with Gasteiger partial charge in [0.05, 0.1) is 26.8 Å². The van der Waals surface area contributed by atoms with Gasteiger partial charge in [0.2, 0.25) is 0 Å². The van der Waals surface area contributed by atoms with Crippen molar-refractivity contribution in [3.63, 3.8) is 0 Å². The van der Waals surface area contributed by atoms with Crippen LogP contribution in [0.3, 0.4) is 0 Å². The van der Waals surface area contributed by atoms with E-state index in [9.17, 15) is 0 Å². The van der Waals surface area contributed by atoms with Gasteiger partial charge in [0.15, 0.2) is 0 Å². The van der Waals surface area contributed by atoms with Crippen LogP contribution >= 0.6 is 34.8 Å². The Balaban J connectivity index is 2.04. The summed E-state index contributed by atoms with van der Waals surface area (Å²) in [5.74, 6) is 0. The third-order valence-electron chi connectivity index (χ3n) is 4.58. The van der Waals surface area contributed by atoms with Crippen LogP contribution < -0.4 is 0 Å². The van der Waals surface area contributed by atoms with E-state index >= 15 is 0 Å². The van der Waals surface area contributed by atoms with E-state index in [-0.39, 0.29) is 0 Å². The van der Waals surface area contributed by atoms with Gasteiger partial charge in [-0.2, -0.15) is 0 Å². The molecule has 2 nitrogen and oxygen atoms in total. The average molecular weight is 398 g/mol. The number of nitrogens with one attached hydrogen (secondary N) is 1. The van der Waals surface area contributed by atoms with E-state index in [2.05, 4.69) is 17.1 Å². The quantitative estimate of drug-likeness (QED) is 0.312. The fraction of sp³-hybridized carbons (Fsp3) is 0. The van der Waals surface area contributed by atoms with E-state index in [1.165, 1.54) is 0 Å². The lowest BCUT2D eigenvalue weighted by Crippen LogP contribution is -1.88. The van der Waals surface area contributed by atoms with Crippen LogP contribution in [-0.2, 0) is 0 Å². The van der Waals surface area contributed by atoms with Crippen LogP contribution in [0.4, 0.5) is 0 Å². The maximum absolute atomic E-state index is 6.30. The maximum Gasteiger partial charge on any atom is 0.0809 e. The molecule has 2 heterocycles. The number of hydrogen-bond acceptors (Lipinski definition) is 1. The normalized spacial score (nSPS) is 11.7. The first-order valence-corrected chi connectivity index (χ1v) is 9.20. The number of H-pyrrole nitrogens is 1. The summed E-state index contributed by atoms with van der Waals surface area (Å²) in [5, 5.41) is 4.73. The van der Waals surface area contributed by atoms with Crippen LogP contribution in [0, 0.1) is 0 Å². The first kappa shape index (κ1) is 16.0. The molecule has 0 amide bonds. The molecule has 0 saturated heterocycles. The Morgan fingerprint density at radius 2 is 1.54 bits per heavy atom.